The van der Waals surface area contributed by atoms with E-state index in [1.807, 2.05) is 29.2 Å². The highest BCUT2D eigenvalue weighted by Gasteiger charge is 2.31. The van der Waals surface area contributed by atoms with E-state index in [-0.39, 0.29) is 11.9 Å². The zero-order chi connectivity index (χ0) is 15.5. The SMILES string of the molecule is CN1CCC(NC2CC(=O)N(Cc3ccccc3Cl)C2)CC1. The van der Waals surface area contributed by atoms with Gasteiger partial charge in [0.15, 0.2) is 0 Å². The monoisotopic (exact) mass is 321 g/mol. The lowest BCUT2D eigenvalue weighted by Crippen LogP contribution is -2.46. The van der Waals surface area contributed by atoms with E-state index in [0.717, 1.165) is 30.2 Å². The highest BCUT2D eigenvalue weighted by molar-refractivity contribution is 6.31. The van der Waals surface area contributed by atoms with Crippen molar-refractivity contribution < 1.29 is 4.79 Å². The first-order chi connectivity index (χ1) is 10.6. The molecule has 1 atom stereocenters. The Balaban J connectivity index is 1.53. The van der Waals surface area contributed by atoms with Crippen molar-refractivity contribution in [2.24, 2.45) is 0 Å². The van der Waals surface area contributed by atoms with E-state index >= 15 is 0 Å². The maximum Gasteiger partial charge on any atom is 0.224 e. The van der Waals surface area contributed by atoms with Crippen LogP contribution in [-0.2, 0) is 11.3 Å². The van der Waals surface area contributed by atoms with Crippen molar-refractivity contribution in [3.63, 3.8) is 0 Å². The van der Waals surface area contributed by atoms with Gasteiger partial charge in [0.25, 0.3) is 0 Å². The first-order valence-corrected chi connectivity index (χ1v) is 8.45. The third-order valence-corrected chi connectivity index (χ3v) is 5.09. The fourth-order valence-corrected chi connectivity index (χ4v) is 3.57. The van der Waals surface area contributed by atoms with Crippen molar-refractivity contribution in [1.29, 1.82) is 0 Å². The molecule has 2 fully saturated rings. The Labute approximate surface area is 137 Å². The minimum absolute atomic E-state index is 0.227. The molecule has 0 radical (unpaired) electrons. The van der Waals surface area contributed by atoms with Crippen LogP contribution in [0.15, 0.2) is 24.3 Å². The summed E-state index contributed by atoms with van der Waals surface area (Å²) in [6.45, 7) is 3.68. The van der Waals surface area contributed by atoms with Gasteiger partial charge in [0.1, 0.15) is 0 Å². The number of likely N-dealkylation sites (tertiary alicyclic amines) is 2. The summed E-state index contributed by atoms with van der Waals surface area (Å²) >= 11 is 6.20. The summed E-state index contributed by atoms with van der Waals surface area (Å²) in [7, 11) is 2.17. The van der Waals surface area contributed by atoms with Gasteiger partial charge in [-0.15, -0.1) is 0 Å². The van der Waals surface area contributed by atoms with Gasteiger partial charge in [-0.2, -0.15) is 0 Å². The lowest BCUT2D eigenvalue weighted by atomic mass is 10.0. The fraction of sp³-hybridized carbons (Fsp3) is 0.588. The Kier molecular flexibility index (Phi) is 5.01. The standard InChI is InChI=1S/C17H24ClN3O/c1-20-8-6-14(7-9-20)19-15-10-17(22)21(12-15)11-13-4-2-3-5-16(13)18/h2-5,14-15,19H,6-12H2,1H3. The molecular weight excluding hydrogens is 298 g/mol. The molecule has 0 aliphatic carbocycles. The molecule has 2 saturated heterocycles. The van der Waals surface area contributed by atoms with Crippen LogP contribution in [0.2, 0.25) is 5.02 Å². The van der Waals surface area contributed by atoms with Crippen LogP contribution in [-0.4, -0.2) is 54.5 Å². The molecule has 1 N–H and O–H groups in total. The lowest BCUT2D eigenvalue weighted by Gasteiger charge is -2.31. The van der Waals surface area contributed by atoms with Crippen LogP contribution in [0.3, 0.4) is 0 Å². The molecule has 5 heteroatoms. The summed E-state index contributed by atoms with van der Waals surface area (Å²) in [6, 6.07) is 8.59. The molecule has 120 valence electrons. The number of rotatable bonds is 4. The van der Waals surface area contributed by atoms with Crippen LogP contribution < -0.4 is 5.32 Å². The number of piperidine rings is 1. The predicted molar refractivity (Wildman–Crippen MR) is 88.9 cm³/mol. The van der Waals surface area contributed by atoms with Crippen molar-refractivity contribution in [2.75, 3.05) is 26.7 Å². The third-order valence-electron chi connectivity index (χ3n) is 4.72. The quantitative estimate of drug-likeness (QED) is 0.922. The molecule has 4 nitrogen and oxygen atoms in total. The van der Waals surface area contributed by atoms with Crippen molar-refractivity contribution in [2.45, 2.75) is 37.9 Å². The molecule has 0 spiro atoms. The van der Waals surface area contributed by atoms with E-state index in [2.05, 4.69) is 17.3 Å². The maximum absolute atomic E-state index is 12.2. The summed E-state index contributed by atoms with van der Waals surface area (Å²) in [5.74, 6) is 0.227. The molecule has 1 aromatic carbocycles. The number of carbonyl (C=O) groups excluding carboxylic acids is 1. The number of carbonyl (C=O) groups is 1. The van der Waals surface area contributed by atoms with E-state index < -0.39 is 0 Å². The van der Waals surface area contributed by atoms with Crippen LogP contribution in [0.4, 0.5) is 0 Å². The topological polar surface area (TPSA) is 35.6 Å². The lowest BCUT2D eigenvalue weighted by molar-refractivity contribution is -0.128. The van der Waals surface area contributed by atoms with E-state index in [1.165, 1.54) is 12.8 Å². The highest BCUT2D eigenvalue weighted by Crippen LogP contribution is 2.21. The molecule has 2 aliphatic rings. The zero-order valence-electron chi connectivity index (χ0n) is 13.1. The number of halogens is 1. The number of amides is 1. The van der Waals surface area contributed by atoms with E-state index in [9.17, 15) is 4.79 Å². The van der Waals surface area contributed by atoms with E-state index in [0.29, 0.717) is 19.0 Å². The van der Waals surface area contributed by atoms with Crippen LogP contribution in [0.5, 0.6) is 0 Å². The normalized spacial score (nSPS) is 24.2. The van der Waals surface area contributed by atoms with Crippen molar-refractivity contribution in [1.82, 2.24) is 15.1 Å². The minimum atomic E-state index is 0.227. The highest BCUT2D eigenvalue weighted by atomic mass is 35.5. The second-order valence-electron chi connectivity index (χ2n) is 6.51. The molecule has 22 heavy (non-hydrogen) atoms. The molecule has 3 rings (SSSR count). The summed E-state index contributed by atoms with van der Waals surface area (Å²) in [4.78, 5) is 16.5. The van der Waals surface area contributed by atoms with Gasteiger partial charge in [-0.05, 0) is 44.6 Å². The summed E-state index contributed by atoms with van der Waals surface area (Å²) < 4.78 is 0. The Morgan fingerprint density at radius 3 is 2.68 bits per heavy atom. The molecule has 0 aromatic heterocycles. The van der Waals surface area contributed by atoms with Gasteiger partial charge in [0.05, 0.1) is 0 Å². The first kappa shape index (κ1) is 15.8. The largest absolute Gasteiger partial charge is 0.337 e. The number of hydrogen-bond donors (Lipinski definition) is 1. The number of hydrogen-bond acceptors (Lipinski definition) is 3. The van der Waals surface area contributed by atoms with Crippen molar-refractivity contribution in [3.8, 4) is 0 Å². The Morgan fingerprint density at radius 2 is 1.95 bits per heavy atom. The summed E-state index contributed by atoms with van der Waals surface area (Å²) in [6.07, 6.45) is 2.95. The number of nitrogens with one attached hydrogen (secondary N) is 1. The second kappa shape index (κ2) is 6.99. The molecular formula is C17H24ClN3O. The maximum atomic E-state index is 12.2. The fourth-order valence-electron chi connectivity index (χ4n) is 3.38. The number of nitrogens with zero attached hydrogens (tertiary/aromatic N) is 2. The van der Waals surface area contributed by atoms with E-state index in [4.69, 9.17) is 11.6 Å². The van der Waals surface area contributed by atoms with Crippen LogP contribution >= 0.6 is 11.6 Å². The van der Waals surface area contributed by atoms with Gasteiger partial charge < -0.3 is 15.1 Å². The van der Waals surface area contributed by atoms with Crippen LogP contribution in [0, 0.1) is 0 Å². The number of benzene rings is 1. The molecule has 1 unspecified atom stereocenters. The Hall–Kier alpha value is -1.10. The molecule has 0 saturated carbocycles. The molecule has 2 heterocycles. The average molecular weight is 322 g/mol. The molecule has 1 aromatic rings. The zero-order valence-corrected chi connectivity index (χ0v) is 13.9. The Morgan fingerprint density at radius 1 is 1.23 bits per heavy atom. The summed E-state index contributed by atoms with van der Waals surface area (Å²) in [5.41, 5.74) is 1.03. The van der Waals surface area contributed by atoms with Crippen LogP contribution in [0.25, 0.3) is 0 Å². The third kappa shape index (κ3) is 3.80. The Bertz CT molecular complexity index is 528. The minimum Gasteiger partial charge on any atom is -0.337 e. The van der Waals surface area contributed by atoms with Gasteiger partial charge in [-0.1, -0.05) is 29.8 Å². The van der Waals surface area contributed by atoms with Gasteiger partial charge in [0.2, 0.25) is 5.91 Å². The molecule has 2 aliphatic heterocycles. The first-order valence-electron chi connectivity index (χ1n) is 8.07. The summed E-state index contributed by atoms with van der Waals surface area (Å²) in [5, 5.41) is 4.41. The smallest absolute Gasteiger partial charge is 0.224 e. The van der Waals surface area contributed by atoms with Gasteiger partial charge in [-0.25, -0.2) is 0 Å². The van der Waals surface area contributed by atoms with Crippen LogP contribution in [0.1, 0.15) is 24.8 Å². The van der Waals surface area contributed by atoms with E-state index in [1.54, 1.807) is 0 Å². The average Bonchev–Trinajstić information content (AvgIpc) is 2.84. The second-order valence-corrected chi connectivity index (χ2v) is 6.92. The van der Waals surface area contributed by atoms with Gasteiger partial charge in [0, 0.05) is 36.6 Å². The molecule has 1 amide bonds. The van der Waals surface area contributed by atoms with Gasteiger partial charge >= 0.3 is 0 Å². The van der Waals surface area contributed by atoms with Crippen molar-refractivity contribution >= 4 is 17.5 Å². The predicted octanol–water partition coefficient (Wildman–Crippen LogP) is 2.12. The molecule has 0 bridgehead atoms. The van der Waals surface area contributed by atoms with Gasteiger partial charge in [-0.3, -0.25) is 4.79 Å². The van der Waals surface area contributed by atoms with Crippen molar-refractivity contribution in [3.05, 3.63) is 34.9 Å².